The van der Waals surface area contributed by atoms with Crippen molar-refractivity contribution in [1.29, 1.82) is 0 Å². The van der Waals surface area contributed by atoms with Gasteiger partial charge in [0, 0.05) is 25.0 Å². The molecular weight excluding hydrogens is 326 g/mol. The minimum Gasteiger partial charge on any atom is -0.493 e. The molecule has 5 rings (SSSR count). The van der Waals surface area contributed by atoms with Crippen molar-refractivity contribution in [3.8, 4) is 17.3 Å². The average molecular weight is 345 g/mol. The number of furan rings is 2. The van der Waals surface area contributed by atoms with Gasteiger partial charge < -0.3 is 13.6 Å². The van der Waals surface area contributed by atoms with Crippen molar-refractivity contribution in [2.24, 2.45) is 0 Å². The van der Waals surface area contributed by atoms with Crippen molar-refractivity contribution in [3.63, 3.8) is 0 Å². The SMILES string of the molecule is COc1ccc(CN2Cc3ccccc3C2)c2cc(-c3ccco3)oc12. The lowest BCUT2D eigenvalue weighted by molar-refractivity contribution is 0.276. The number of hydrogen-bond acceptors (Lipinski definition) is 4. The average Bonchev–Trinajstić information content (AvgIpc) is 3.39. The van der Waals surface area contributed by atoms with Gasteiger partial charge in [-0.25, -0.2) is 0 Å². The number of rotatable bonds is 4. The van der Waals surface area contributed by atoms with E-state index in [2.05, 4.69) is 41.3 Å². The predicted octanol–water partition coefficient (Wildman–Crippen LogP) is 5.22. The second-order valence-corrected chi connectivity index (χ2v) is 6.67. The molecule has 0 atom stereocenters. The fraction of sp³-hybridized carbons (Fsp3) is 0.182. The molecule has 0 saturated carbocycles. The maximum absolute atomic E-state index is 6.06. The molecule has 130 valence electrons. The zero-order valence-corrected chi connectivity index (χ0v) is 14.6. The first-order chi connectivity index (χ1) is 12.8. The summed E-state index contributed by atoms with van der Waals surface area (Å²) in [6, 6.07) is 18.6. The lowest BCUT2D eigenvalue weighted by Gasteiger charge is -2.16. The summed E-state index contributed by atoms with van der Waals surface area (Å²) < 4.78 is 17.1. The van der Waals surface area contributed by atoms with Crippen LogP contribution in [0.15, 0.2) is 69.7 Å². The quantitative estimate of drug-likeness (QED) is 0.508. The van der Waals surface area contributed by atoms with E-state index in [1.165, 1.54) is 16.7 Å². The van der Waals surface area contributed by atoms with Gasteiger partial charge in [-0.15, -0.1) is 0 Å². The van der Waals surface area contributed by atoms with Crippen LogP contribution < -0.4 is 4.74 Å². The molecule has 0 radical (unpaired) electrons. The van der Waals surface area contributed by atoms with Crippen LogP contribution in [0.1, 0.15) is 16.7 Å². The summed E-state index contributed by atoms with van der Waals surface area (Å²) in [5.41, 5.74) is 4.84. The van der Waals surface area contributed by atoms with Gasteiger partial charge in [0.15, 0.2) is 22.9 Å². The Hall–Kier alpha value is -2.98. The standard InChI is InChI=1S/C22H19NO3/c1-24-20-9-8-17(14-23-12-15-5-2-3-6-16(15)13-23)18-11-21(26-22(18)20)19-7-4-10-25-19/h2-11H,12-14H2,1H3. The Morgan fingerprint density at radius 2 is 1.77 bits per heavy atom. The molecule has 4 heteroatoms. The van der Waals surface area contributed by atoms with Crippen LogP contribution in [0.4, 0.5) is 0 Å². The molecule has 0 unspecified atom stereocenters. The molecule has 3 heterocycles. The minimum atomic E-state index is 0.723. The Balaban J connectivity index is 1.52. The van der Waals surface area contributed by atoms with E-state index >= 15 is 0 Å². The third-order valence-corrected chi connectivity index (χ3v) is 5.02. The van der Waals surface area contributed by atoms with E-state index in [0.717, 1.165) is 47.9 Å². The minimum absolute atomic E-state index is 0.723. The highest BCUT2D eigenvalue weighted by Crippen LogP contribution is 2.37. The van der Waals surface area contributed by atoms with Crippen molar-refractivity contribution in [2.75, 3.05) is 7.11 Å². The first kappa shape index (κ1) is 15.3. The Morgan fingerprint density at radius 3 is 2.46 bits per heavy atom. The highest BCUT2D eigenvalue weighted by atomic mass is 16.5. The van der Waals surface area contributed by atoms with Crippen molar-refractivity contribution >= 4 is 11.0 Å². The van der Waals surface area contributed by atoms with Crippen LogP contribution in [-0.2, 0) is 19.6 Å². The number of benzene rings is 2. The molecule has 0 aliphatic carbocycles. The van der Waals surface area contributed by atoms with Gasteiger partial charge in [-0.1, -0.05) is 30.3 Å². The van der Waals surface area contributed by atoms with Crippen molar-refractivity contribution in [2.45, 2.75) is 19.6 Å². The summed E-state index contributed by atoms with van der Waals surface area (Å²) in [6.07, 6.45) is 1.65. The Labute approximate surface area is 151 Å². The van der Waals surface area contributed by atoms with Crippen LogP contribution in [0.25, 0.3) is 22.5 Å². The summed E-state index contributed by atoms with van der Waals surface area (Å²) in [6.45, 7) is 2.82. The third kappa shape index (κ3) is 2.50. The van der Waals surface area contributed by atoms with Crippen molar-refractivity contribution in [1.82, 2.24) is 4.90 Å². The molecule has 0 saturated heterocycles. The zero-order chi connectivity index (χ0) is 17.5. The van der Waals surface area contributed by atoms with E-state index in [9.17, 15) is 0 Å². The molecule has 1 aliphatic rings. The summed E-state index contributed by atoms with van der Waals surface area (Å²) >= 11 is 0. The molecule has 0 fully saturated rings. The highest BCUT2D eigenvalue weighted by molar-refractivity contribution is 5.89. The number of hydrogen-bond donors (Lipinski definition) is 0. The summed E-state index contributed by atoms with van der Waals surface area (Å²) in [4.78, 5) is 2.45. The molecule has 4 nitrogen and oxygen atoms in total. The largest absolute Gasteiger partial charge is 0.493 e. The second kappa shape index (κ2) is 6.07. The van der Waals surface area contributed by atoms with Gasteiger partial charge in [-0.2, -0.15) is 0 Å². The fourth-order valence-corrected chi connectivity index (χ4v) is 3.75. The van der Waals surface area contributed by atoms with Crippen LogP contribution in [0.3, 0.4) is 0 Å². The maximum Gasteiger partial charge on any atom is 0.177 e. The molecule has 2 aromatic heterocycles. The highest BCUT2D eigenvalue weighted by Gasteiger charge is 2.21. The van der Waals surface area contributed by atoms with E-state index in [1.807, 2.05) is 18.2 Å². The first-order valence-corrected chi connectivity index (χ1v) is 8.74. The van der Waals surface area contributed by atoms with E-state index in [-0.39, 0.29) is 0 Å². The van der Waals surface area contributed by atoms with Crippen LogP contribution >= 0.6 is 0 Å². The van der Waals surface area contributed by atoms with Gasteiger partial charge in [-0.3, -0.25) is 4.90 Å². The van der Waals surface area contributed by atoms with Crippen LogP contribution in [0, 0.1) is 0 Å². The Morgan fingerprint density at radius 1 is 0.962 bits per heavy atom. The third-order valence-electron chi connectivity index (χ3n) is 5.02. The van der Waals surface area contributed by atoms with E-state index in [4.69, 9.17) is 13.6 Å². The predicted molar refractivity (Wildman–Crippen MR) is 99.9 cm³/mol. The van der Waals surface area contributed by atoms with Gasteiger partial charge in [0.2, 0.25) is 0 Å². The van der Waals surface area contributed by atoms with Crippen molar-refractivity contribution < 1.29 is 13.6 Å². The van der Waals surface area contributed by atoms with Crippen LogP contribution in [0.2, 0.25) is 0 Å². The Bertz CT molecular complexity index is 1040. The van der Waals surface area contributed by atoms with Gasteiger partial charge in [0.05, 0.1) is 13.4 Å². The van der Waals surface area contributed by atoms with Gasteiger partial charge in [-0.05, 0) is 41.0 Å². The second-order valence-electron chi connectivity index (χ2n) is 6.67. The summed E-state index contributed by atoms with van der Waals surface area (Å²) in [5, 5.41) is 1.08. The number of fused-ring (bicyclic) bond motifs is 2. The van der Waals surface area contributed by atoms with Crippen LogP contribution in [-0.4, -0.2) is 12.0 Å². The van der Waals surface area contributed by atoms with E-state index in [0.29, 0.717) is 0 Å². The van der Waals surface area contributed by atoms with E-state index < -0.39 is 0 Å². The summed E-state index contributed by atoms with van der Waals surface area (Å²) in [5.74, 6) is 2.19. The molecule has 26 heavy (non-hydrogen) atoms. The number of methoxy groups -OCH3 is 1. The maximum atomic E-state index is 6.06. The monoisotopic (exact) mass is 345 g/mol. The molecule has 1 aliphatic heterocycles. The lowest BCUT2D eigenvalue weighted by atomic mass is 10.1. The molecule has 0 spiro atoms. The lowest BCUT2D eigenvalue weighted by Crippen LogP contribution is -2.15. The summed E-state index contributed by atoms with van der Waals surface area (Å²) in [7, 11) is 1.67. The smallest absolute Gasteiger partial charge is 0.177 e. The topological polar surface area (TPSA) is 38.8 Å². The first-order valence-electron chi connectivity index (χ1n) is 8.74. The molecular formula is C22H19NO3. The molecule has 2 aromatic carbocycles. The van der Waals surface area contributed by atoms with Gasteiger partial charge >= 0.3 is 0 Å². The Kier molecular flexibility index (Phi) is 3.57. The van der Waals surface area contributed by atoms with E-state index in [1.54, 1.807) is 13.4 Å². The molecule has 0 N–H and O–H groups in total. The zero-order valence-electron chi connectivity index (χ0n) is 14.6. The normalized spacial score (nSPS) is 14.0. The van der Waals surface area contributed by atoms with Crippen LogP contribution in [0.5, 0.6) is 5.75 Å². The van der Waals surface area contributed by atoms with Gasteiger partial charge in [0.1, 0.15) is 0 Å². The van der Waals surface area contributed by atoms with Crippen molar-refractivity contribution in [3.05, 3.63) is 77.6 Å². The fourth-order valence-electron chi connectivity index (χ4n) is 3.75. The molecule has 0 amide bonds. The molecule has 4 aromatic rings. The van der Waals surface area contributed by atoms with Gasteiger partial charge in [0.25, 0.3) is 0 Å². The number of nitrogens with zero attached hydrogens (tertiary/aromatic N) is 1. The number of ether oxygens (including phenoxy) is 1. The molecule has 0 bridgehead atoms.